The fraction of sp³-hybridized carbons (Fsp3) is 0.353. The predicted octanol–water partition coefficient (Wildman–Crippen LogP) is 2.04. The van der Waals surface area contributed by atoms with E-state index in [9.17, 15) is 9.18 Å². The lowest BCUT2D eigenvalue weighted by Gasteiger charge is -2.08. The van der Waals surface area contributed by atoms with E-state index in [-0.39, 0.29) is 17.4 Å². The third kappa shape index (κ3) is 5.58. The Morgan fingerprint density at radius 3 is 2.88 bits per heavy atom. The van der Waals surface area contributed by atoms with Crippen molar-refractivity contribution in [2.45, 2.75) is 12.8 Å². The van der Waals surface area contributed by atoms with E-state index in [1.165, 1.54) is 12.3 Å². The van der Waals surface area contributed by atoms with E-state index in [0.717, 1.165) is 6.42 Å². The first-order chi connectivity index (χ1) is 11.7. The van der Waals surface area contributed by atoms with Gasteiger partial charge < -0.3 is 15.4 Å². The number of hydrogen-bond donors (Lipinski definition) is 2. The molecule has 0 atom stereocenters. The first kappa shape index (κ1) is 17.8. The van der Waals surface area contributed by atoms with E-state index in [4.69, 9.17) is 4.74 Å². The van der Waals surface area contributed by atoms with Gasteiger partial charge in [0.2, 0.25) is 5.95 Å². The maximum absolute atomic E-state index is 13.5. The van der Waals surface area contributed by atoms with E-state index < -0.39 is 0 Å². The normalized spacial score (nSPS) is 10.4. The summed E-state index contributed by atoms with van der Waals surface area (Å²) in [7, 11) is 1.62. The molecule has 2 aromatic rings. The van der Waals surface area contributed by atoms with Crippen LogP contribution in [0.4, 0.5) is 10.3 Å². The number of amides is 1. The summed E-state index contributed by atoms with van der Waals surface area (Å²) in [5, 5.41) is 5.77. The Labute approximate surface area is 140 Å². The van der Waals surface area contributed by atoms with Crippen molar-refractivity contribution >= 4 is 11.9 Å². The highest BCUT2D eigenvalue weighted by Gasteiger charge is 2.08. The van der Waals surface area contributed by atoms with Crippen molar-refractivity contribution in [2.75, 3.05) is 32.1 Å². The molecule has 0 saturated carbocycles. The van der Waals surface area contributed by atoms with Crippen LogP contribution in [0.5, 0.6) is 0 Å². The Bertz CT molecular complexity index is 667. The zero-order valence-corrected chi connectivity index (χ0v) is 13.6. The quantitative estimate of drug-likeness (QED) is 0.687. The number of hydrogen-bond acceptors (Lipinski definition) is 5. The second-order valence-electron chi connectivity index (χ2n) is 5.14. The number of carbonyl (C=O) groups is 1. The first-order valence-electron chi connectivity index (χ1n) is 7.78. The number of aromatic nitrogens is 2. The van der Waals surface area contributed by atoms with Crippen LogP contribution in [-0.2, 0) is 11.2 Å². The molecular formula is C17H21FN4O2. The number of benzene rings is 1. The molecule has 6 nitrogen and oxygen atoms in total. The van der Waals surface area contributed by atoms with Gasteiger partial charge in [-0.15, -0.1) is 0 Å². The second-order valence-corrected chi connectivity index (χ2v) is 5.14. The summed E-state index contributed by atoms with van der Waals surface area (Å²) in [5.41, 5.74) is 0.910. The Morgan fingerprint density at radius 2 is 2.08 bits per heavy atom. The van der Waals surface area contributed by atoms with Crippen LogP contribution < -0.4 is 10.6 Å². The van der Waals surface area contributed by atoms with Gasteiger partial charge in [-0.25, -0.2) is 14.4 Å². The van der Waals surface area contributed by atoms with Gasteiger partial charge in [0, 0.05) is 33.0 Å². The average Bonchev–Trinajstić information content (AvgIpc) is 2.60. The predicted molar refractivity (Wildman–Crippen MR) is 89.5 cm³/mol. The molecule has 1 aromatic heterocycles. The highest BCUT2D eigenvalue weighted by atomic mass is 19.1. The maximum Gasteiger partial charge on any atom is 0.270 e. The second kappa shape index (κ2) is 9.57. The van der Waals surface area contributed by atoms with Crippen LogP contribution in [0, 0.1) is 5.82 Å². The van der Waals surface area contributed by atoms with Crippen molar-refractivity contribution in [3.05, 3.63) is 53.6 Å². The monoisotopic (exact) mass is 332 g/mol. The molecule has 0 fully saturated rings. The number of ether oxygens (including phenoxy) is 1. The van der Waals surface area contributed by atoms with Crippen molar-refractivity contribution in [1.82, 2.24) is 15.3 Å². The van der Waals surface area contributed by atoms with Crippen LogP contribution >= 0.6 is 0 Å². The Morgan fingerprint density at radius 1 is 1.25 bits per heavy atom. The summed E-state index contributed by atoms with van der Waals surface area (Å²) < 4.78 is 18.5. The van der Waals surface area contributed by atoms with Crippen LogP contribution in [0.2, 0.25) is 0 Å². The first-order valence-corrected chi connectivity index (χ1v) is 7.78. The molecule has 1 amide bonds. The minimum Gasteiger partial charge on any atom is -0.385 e. The third-order valence-corrected chi connectivity index (χ3v) is 3.33. The number of halogens is 1. The van der Waals surface area contributed by atoms with Gasteiger partial charge in [-0.05, 0) is 30.5 Å². The molecule has 7 heteroatoms. The van der Waals surface area contributed by atoms with E-state index in [2.05, 4.69) is 20.6 Å². The summed E-state index contributed by atoms with van der Waals surface area (Å²) in [4.78, 5) is 20.2. The Balaban J connectivity index is 1.84. The van der Waals surface area contributed by atoms with Gasteiger partial charge >= 0.3 is 0 Å². The molecule has 1 aromatic carbocycles. The molecule has 0 unspecified atom stereocenters. The van der Waals surface area contributed by atoms with Crippen molar-refractivity contribution in [1.29, 1.82) is 0 Å². The molecule has 0 bridgehead atoms. The highest BCUT2D eigenvalue weighted by molar-refractivity contribution is 5.92. The number of nitrogens with one attached hydrogen (secondary N) is 2. The van der Waals surface area contributed by atoms with E-state index in [0.29, 0.717) is 37.6 Å². The molecule has 0 spiro atoms. The molecular weight excluding hydrogens is 311 g/mol. The van der Waals surface area contributed by atoms with E-state index >= 15 is 0 Å². The molecule has 24 heavy (non-hydrogen) atoms. The van der Waals surface area contributed by atoms with Gasteiger partial charge in [0.25, 0.3) is 5.91 Å². The topological polar surface area (TPSA) is 76.1 Å². The van der Waals surface area contributed by atoms with Crippen LogP contribution in [0.1, 0.15) is 22.5 Å². The molecule has 1 heterocycles. The van der Waals surface area contributed by atoms with Gasteiger partial charge in [0.15, 0.2) is 0 Å². The summed E-state index contributed by atoms with van der Waals surface area (Å²) in [6, 6.07) is 8.17. The molecule has 0 aliphatic carbocycles. The van der Waals surface area contributed by atoms with Gasteiger partial charge in [-0.1, -0.05) is 18.2 Å². The SMILES string of the molecule is COCCCNC(=O)c1ccnc(NCCc2ccccc2F)n1. The molecule has 0 aliphatic heterocycles. The number of anilines is 1. The van der Waals surface area contributed by atoms with Crippen LogP contribution in [0.3, 0.4) is 0 Å². The van der Waals surface area contributed by atoms with Crippen molar-refractivity contribution in [3.63, 3.8) is 0 Å². The van der Waals surface area contributed by atoms with Crippen LogP contribution in [0.25, 0.3) is 0 Å². The van der Waals surface area contributed by atoms with Gasteiger partial charge in [0.1, 0.15) is 11.5 Å². The zero-order chi connectivity index (χ0) is 17.2. The van der Waals surface area contributed by atoms with Crippen LogP contribution in [-0.4, -0.2) is 42.7 Å². The van der Waals surface area contributed by atoms with Crippen molar-refractivity contribution < 1.29 is 13.9 Å². The van der Waals surface area contributed by atoms with Gasteiger partial charge in [-0.2, -0.15) is 0 Å². The molecule has 0 saturated heterocycles. The summed E-state index contributed by atoms with van der Waals surface area (Å²) in [6.07, 6.45) is 2.76. The van der Waals surface area contributed by atoms with Crippen molar-refractivity contribution in [3.8, 4) is 0 Å². The fourth-order valence-corrected chi connectivity index (χ4v) is 2.09. The molecule has 0 radical (unpaired) electrons. The summed E-state index contributed by atoms with van der Waals surface area (Å²) >= 11 is 0. The fourth-order valence-electron chi connectivity index (χ4n) is 2.09. The largest absolute Gasteiger partial charge is 0.385 e. The zero-order valence-electron chi connectivity index (χ0n) is 13.6. The van der Waals surface area contributed by atoms with Crippen molar-refractivity contribution in [2.24, 2.45) is 0 Å². The average molecular weight is 332 g/mol. The minimum atomic E-state index is -0.259. The summed E-state index contributed by atoms with van der Waals surface area (Å²) in [6.45, 7) is 1.58. The van der Waals surface area contributed by atoms with E-state index in [1.807, 2.05) is 0 Å². The number of methoxy groups -OCH3 is 1. The Hall–Kier alpha value is -2.54. The lowest BCUT2D eigenvalue weighted by Crippen LogP contribution is -2.26. The smallest absolute Gasteiger partial charge is 0.270 e. The molecule has 2 N–H and O–H groups in total. The minimum absolute atomic E-state index is 0.232. The standard InChI is InChI=1S/C17H21FN4O2/c1-24-12-4-9-19-16(23)15-8-11-21-17(22-15)20-10-7-13-5-2-3-6-14(13)18/h2-3,5-6,8,11H,4,7,9-10,12H2,1H3,(H,19,23)(H,20,21,22). The van der Waals surface area contributed by atoms with Crippen LogP contribution in [0.15, 0.2) is 36.5 Å². The highest BCUT2D eigenvalue weighted by Crippen LogP contribution is 2.07. The Kier molecular flexibility index (Phi) is 7.10. The van der Waals surface area contributed by atoms with E-state index in [1.54, 1.807) is 31.4 Å². The number of rotatable bonds is 9. The summed E-state index contributed by atoms with van der Waals surface area (Å²) in [5.74, 6) is -0.147. The number of carbonyl (C=O) groups excluding carboxylic acids is 1. The maximum atomic E-state index is 13.5. The van der Waals surface area contributed by atoms with Gasteiger partial charge in [-0.3, -0.25) is 4.79 Å². The third-order valence-electron chi connectivity index (χ3n) is 3.33. The molecule has 0 aliphatic rings. The van der Waals surface area contributed by atoms with Gasteiger partial charge in [0.05, 0.1) is 0 Å². The lowest BCUT2D eigenvalue weighted by molar-refractivity contribution is 0.0943. The lowest BCUT2D eigenvalue weighted by atomic mass is 10.1. The molecule has 2 rings (SSSR count). The molecule has 128 valence electrons. The number of nitrogens with zero attached hydrogens (tertiary/aromatic N) is 2.